The van der Waals surface area contributed by atoms with Crippen molar-refractivity contribution in [3.8, 4) is 11.5 Å². The number of benzene rings is 2. The molecule has 0 aliphatic heterocycles. The summed E-state index contributed by atoms with van der Waals surface area (Å²) < 4.78 is 10.7. The quantitative estimate of drug-likeness (QED) is 0.576. The Hall–Kier alpha value is -2.70. The zero-order chi connectivity index (χ0) is 21.7. The zero-order valence-electron chi connectivity index (χ0n) is 17.8. The van der Waals surface area contributed by atoms with E-state index in [2.05, 4.69) is 4.90 Å². The Morgan fingerprint density at radius 2 is 1.87 bits per heavy atom. The standard InChI is InChI=1S/C24H29NO5/c1-17(26)29-22-13-5-4-12-21(22)23(27)30-20-11-8-10-18(15-20)24(28)14-7-6-9-19(24)16-25(2)3/h4-5,8,10-13,15,19,28H,6-7,9,14,16H2,1-3H3. The van der Waals surface area contributed by atoms with E-state index in [1.165, 1.54) is 6.92 Å². The lowest BCUT2D eigenvalue weighted by molar-refractivity contribution is -0.131. The van der Waals surface area contributed by atoms with Crippen molar-refractivity contribution in [3.63, 3.8) is 0 Å². The van der Waals surface area contributed by atoms with Crippen molar-refractivity contribution in [2.24, 2.45) is 5.92 Å². The van der Waals surface area contributed by atoms with Gasteiger partial charge in [0.15, 0.2) is 0 Å². The average Bonchev–Trinajstić information content (AvgIpc) is 2.69. The van der Waals surface area contributed by atoms with Crippen LogP contribution in [0.5, 0.6) is 11.5 Å². The molecule has 0 saturated heterocycles. The molecule has 3 rings (SSSR count). The van der Waals surface area contributed by atoms with Crippen LogP contribution in [0.15, 0.2) is 48.5 Å². The Kier molecular flexibility index (Phi) is 6.90. The highest BCUT2D eigenvalue weighted by molar-refractivity contribution is 5.94. The number of para-hydroxylation sites is 1. The van der Waals surface area contributed by atoms with Crippen molar-refractivity contribution in [1.29, 1.82) is 0 Å². The third-order valence-electron chi connectivity index (χ3n) is 5.53. The number of hydrogen-bond acceptors (Lipinski definition) is 6. The monoisotopic (exact) mass is 411 g/mol. The summed E-state index contributed by atoms with van der Waals surface area (Å²) in [5, 5.41) is 11.5. The van der Waals surface area contributed by atoms with E-state index >= 15 is 0 Å². The first-order valence-corrected chi connectivity index (χ1v) is 10.3. The van der Waals surface area contributed by atoms with Crippen molar-refractivity contribution in [2.45, 2.75) is 38.2 Å². The summed E-state index contributed by atoms with van der Waals surface area (Å²) in [5.41, 5.74) is -0.0341. The second-order valence-corrected chi connectivity index (χ2v) is 8.14. The lowest BCUT2D eigenvalue weighted by atomic mass is 9.71. The van der Waals surface area contributed by atoms with Gasteiger partial charge >= 0.3 is 11.9 Å². The molecular weight excluding hydrogens is 382 g/mol. The minimum absolute atomic E-state index is 0.108. The van der Waals surface area contributed by atoms with E-state index in [0.29, 0.717) is 12.2 Å². The van der Waals surface area contributed by atoms with Crippen molar-refractivity contribution in [3.05, 3.63) is 59.7 Å². The van der Waals surface area contributed by atoms with Crippen LogP contribution >= 0.6 is 0 Å². The molecule has 0 heterocycles. The van der Waals surface area contributed by atoms with Crippen molar-refractivity contribution < 1.29 is 24.2 Å². The molecule has 1 fully saturated rings. The average molecular weight is 411 g/mol. The molecule has 0 bridgehead atoms. The second-order valence-electron chi connectivity index (χ2n) is 8.14. The largest absolute Gasteiger partial charge is 0.426 e. The van der Waals surface area contributed by atoms with Gasteiger partial charge in [-0.3, -0.25) is 4.79 Å². The van der Waals surface area contributed by atoms with Crippen molar-refractivity contribution >= 4 is 11.9 Å². The van der Waals surface area contributed by atoms with E-state index in [9.17, 15) is 14.7 Å². The van der Waals surface area contributed by atoms with Crippen LogP contribution in [0.4, 0.5) is 0 Å². The maximum Gasteiger partial charge on any atom is 0.347 e. The van der Waals surface area contributed by atoms with Crippen LogP contribution in [0.2, 0.25) is 0 Å². The minimum atomic E-state index is -0.958. The number of hydrogen-bond donors (Lipinski definition) is 1. The summed E-state index contributed by atoms with van der Waals surface area (Å²) in [6.45, 7) is 2.07. The lowest BCUT2D eigenvalue weighted by Gasteiger charge is -2.41. The first kappa shape index (κ1) is 22.0. The Morgan fingerprint density at radius 1 is 1.10 bits per heavy atom. The first-order chi connectivity index (χ1) is 14.3. The molecule has 0 amide bonds. The van der Waals surface area contributed by atoms with Gasteiger partial charge in [0.25, 0.3) is 0 Å². The van der Waals surface area contributed by atoms with E-state index in [4.69, 9.17) is 9.47 Å². The summed E-state index contributed by atoms with van der Waals surface area (Å²) in [4.78, 5) is 26.1. The van der Waals surface area contributed by atoms with Gasteiger partial charge in [-0.05, 0) is 56.8 Å². The number of rotatable bonds is 6. The minimum Gasteiger partial charge on any atom is -0.426 e. The van der Waals surface area contributed by atoms with Gasteiger partial charge in [-0.1, -0.05) is 37.1 Å². The van der Waals surface area contributed by atoms with Gasteiger partial charge in [-0.25, -0.2) is 4.79 Å². The molecule has 2 aromatic rings. The van der Waals surface area contributed by atoms with Crippen LogP contribution in [0, 0.1) is 5.92 Å². The smallest absolute Gasteiger partial charge is 0.347 e. The molecule has 2 aromatic carbocycles. The number of esters is 2. The van der Waals surface area contributed by atoms with Crippen molar-refractivity contribution in [1.82, 2.24) is 4.90 Å². The Balaban J connectivity index is 1.84. The van der Waals surface area contributed by atoms with Crippen LogP contribution in [0.1, 0.15) is 48.5 Å². The normalized spacial score (nSPS) is 21.3. The SMILES string of the molecule is CC(=O)Oc1ccccc1C(=O)Oc1cccc(C2(O)CCCCC2CN(C)C)c1. The van der Waals surface area contributed by atoms with Gasteiger partial charge in [0.1, 0.15) is 17.1 Å². The van der Waals surface area contributed by atoms with E-state index in [0.717, 1.165) is 31.4 Å². The van der Waals surface area contributed by atoms with Crippen LogP contribution in [-0.4, -0.2) is 42.6 Å². The van der Waals surface area contributed by atoms with Gasteiger partial charge in [0.05, 0.1) is 5.60 Å². The Morgan fingerprint density at radius 3 is 2.60 bits per heavy atom. The molecule has 1 aliphatic carbocycles. The Bertz CT molecular complexity index is 910. The molecule has 6 nitrogen and oxygen atoms in total. The third-order valence-corrected chi connectivity index (χ3v) is 5.53. The van der Waals surface area contributed by atoms with Gasteiger partial charge in [-0.2, -0.15) is 0 Å². The number of ether oxygens (including phenoxy) is 2. The van der Waals surface area contributed by atoms with Gasteiger partial charge in [0.2, 0.25) is 0 Å². The summed E-state index contributed by atoms with van der Waals surface area (Å²) in [6.07, 6.45) is 3.69. The fourth-order valence-corrected chi connectivity index (χ4v) is 4.16. The summed E-state index contributed by atoms with van der Waals surface area (Å²) >= 11 is 0. The molecule has 1 N–H and O–H groups in total. The number of aliphatic hydroxyl groups is 1. The van der Waals surface area contributed by atoms with E-state index < -0.39 is 17.5 Å². The van der Waals surface area contributed by atoms with Crippen LogP contribution in [0.3, 0.4) is 0 Å². The summed E-state index contributed by atoms with van der Waals surface area (Å²) in [6, 6.07) is 13.5. The van der Waals surface area contributed by atoms with E-state index in [1.807, 2.05) is 20.2 Å². The van der Waals surface area contributed by atoms with Gasteiger partial charge in [0, 0.05) is 19.4 Å². The molecule has 1 aliphatic rings. The maximum absolute atomic E-state index is 12.7. The molecule has 6 heteroatoms. The van der Waals surface area contributed by atoms with Crippen molar-refractivity contribution in [2.75, 3.05) is 20.6 Å². The fraction of sp³-hybridized carbons (Fsp3) is 0.417. The lowest BCUT2D eigenvalue weighted by Crippen LogP contribution is -2.43. The summed E-state index contributed by atoms with van der Waals surface area (Å²) in [7, 11) is 4.02. The molecule has 0 aromatic heterocycles. The number of nitrogens with zero attached hydrogens (tertiary/aromatic N) is 1. The molecule has 30 heavy (non-hydrogen) atoms. The van der Waals surface area contributed by atoms with E-state index in [-0.39, 0.29) is 17.2 Å². The molecule has 1 saturated carbocycles. The molecule has 0 radical (unpaired) electrons. The van der Waals surface area contributed by atoms with Crippen LogP contribution in [-0.2, 0) is 10.4 Å². The molecule has 0 spiro atoms. The van der Waals surface area contributed by atoms with Crippen LogP contribution < -0.4 is 9.47 Å². The zero-order valence-corrected chi connectivity index (χ0v) is 17.8. The fourth-order valence-electron chi connectivity index (χ4n) is 4.16. The second kappa shape index (κ2) is 9.41. The topological polar surface area (TPSA) is 76.1 Å². The summed E-state index contributed by atoms with van der Waals surface area (Å²) in [5.74, 6) is -0.522. The Labute approximate surface area is 177 Å². The van der Waals surface area contributed by atoms with Crippen LogP contribution in [0.25, 0.3) is 0 Å². The number of carbonyl (C=O) groups is 2. The van der Waals surface area contributed by atoms with E-state index in [1.54, 1.807) is 42.5 Å². The third kappa shape index (κ3) is 5.07. The van der Waals surface area contributed by atoms with Gasteiger partial charge in [-0.15, -0.1) is 0 Å². The molecule has 160 valence electrons. The highest BCUT2D eigenvalue weighted by atomic mass is 16.5. The number of carbonyl (C=O) groups excluding carboxylic acids is 2. The first-order valence-electron chi connectivity index (χ1n) is 10.3. The maximum atomic E-state index is 12.7. The highest BCUT2D eigenvalue weighted by Gasteiger charge is 2.40. The predicted molar refractivity (Wildman–Crippen MR) is 114 cm³/mol. The predicted octanol–water partition coefficient (Wildman–Crippen LogP) is 3.77. The van der Waals surface area contributed by atoms with Gasteiger partial charge < -0.3 is 19.5 Å². The highest BCUT2D eigenvalue weighted by Crippen LogP contribution is 2.42. The molecule has 2 atom stereocenters. The molecular formula is C24H29NO5. The molecule has 2 unspecified atom stereocenters.